The summed E-state index contributed by atoms with van der Waals surface area (Å²) in [6.07, 6.45) is 8.11. The van der Waals surface area contributed by atoms with Gasteiger partial charge in [-0.1, -0.05) is 30.3 Å². The molecule has 0 amide bonds. The number of carboxylic acids is 4. The predicted molar refractivity (Wildman–Crippen MR) is 180 cm³/mol. The molecule has 2 saturated heterocycles. The van der Waals surface area contributed by atoms with E-state index in [1.165, 1.54) is 6.42 Å². The maximum atomic E-state index is 15.0. The minimum Gasteiger partial charge on any atom is -0.481 e. The van der Waals surface area contributed by atoms with Gasteiger partial charge in [-0.2, -0.15) is 0 Å². The van der Waals surface area contributed by atoms with Crippen molar-refractivity contribution in [3.8, 4) is 33.6 Å². The topological polar surface area (TPSA) is 231 Å². The predicted octanol–water partition coefficient (Wildman–Crippen LogP) is 5.49. The third kappa shape index (κ3) is 14.5. The highest BCUT2D eigenvalue weighted by Gasteiger charge is 2.21. The Balaban J connectivity index is 0.000000440. The van der Waals surface area contributed by atoms with Gasteiger partial charge in [-0.05, 0) is 67.6 Å². The second-order valence-electron chi connectivity index (χ2n) is 11.0. The van der Waals surface area contributed by atoms with E-state index in [1.54, 1.807) is 12.3 Å². The fraction of sp³-hybridized carbons (Fsp3) is 0.353. The van der Waals surface area contributed by atoms with Crippen molar-refractivity contribution in [2.45, 2.75) is 65.5 Å². The maximum absolute atomic E-state index is 15.0. The molecule has 0 bridgehead atoms. The molecule has 0 spiro atoms. The zero-order valence-corrected chi connectivity index (χ0v) is 27.8. The SMILES string of the molecule is CC(=O)O.CC(=O)O.CC(=O)O.CC(=O)O.Fc1cc(-c2ccc(-c3cnc([C@@H]4CCCN4)[nH]3)cc2)ccc1-c1cnc([C@@H]2CCCN2)[nH]1. The lowest BCUT2D eigenvalue weighted by Gasteiger charge is -2.08. The van der Waals surface area contributed by atoms with Gasteiger partial charge in [-0.3, -0.25) is 19.2 Å². The minimum absolute atomic E-state index is 0.236. The zero-order valence-electron chi connectivity index (χ0n) is 27.8. The van der Waals surface area contributed by atoms with Gasteiger partial charge >= 0.3 is 0 Å². The molecule has 4 heterocycles. The lowest BCUT2D eigenvalue weighted by atomic mass is 10.0. The van der Waals surface area contributed by atoms with Crippen molar-refractivity contribution in [3.05, 3.63) is 72.3 Å². The smallest absolute Gasteiger partial charge is 0.300 e. The second kappa shape index (κ2) is 20.1. The quantitative estimate of drug-likeness (QED) is 0.131. The number of H-pyrrole nitrogens is 2. The summed E-state index contributed by atoms with van der Waals surface area (Å²) >= 11 is 0. The molecule has 2 aliphatic rings. The summed E-state index contributed by atoms with van der Waals surface area (Å²) in [5, 5.41) is 36.6. The third-order valence-electron chi connectivity index (χ3n) is 6.76. The first-order valence-corrected chi connectivity index (χ1v) is 15.4. The molecule has 2 atom stereocenters. The third-order valence-corrected chi connectivity index (χ3v) is 6.76. The normalized spacial score (nSPS) is 15.9. The van der Waals surface area contributed by atoms with Crippen LogP contribution < -0.4 is 10.6 Å². The molecule has 14 nitrogen and oxygen atoms in total. The van der Waals surface area contributed by atoms with Gasteiger partial charge in [0.15, 0.2) is 0 Å². The number of imidazole rings is 2. The van der Waals surface area contributed by atoms with Crippen molar-refractivity contribution >= 4 is 23.9 Å². The molecular formula is C34H43FN6O8. The van der Waals surface area contributed by atoms with E-state index in [2.05, 4.69) is 42.7 Å². The van der Waals surface area contributed by atoms with Gasteiger partial charge in [-0.25, -0.2) is 14.4 Å². The first-order chi connectivity index (χ1) is 23.2. The fourth-order valence-corrected chi connectivity index (χ4v) is 4.90. The average molecular weight is 683 g/mol. The minimum atomic E-state index is -0.833. The van der Waals surface area contributed by atoms with Gasteiger partial charge in [0.1, 0.15) is 17.5 Å². The van der Waals surface area contributed by atoms with Crippen LogP contribution in [-0.4, -0.2) is 77.3 Å². The van der Waals surface area contributed by atoms with Crippen molar-refractivity contribution in [1.29, 1.82) is 0 Å². The lowest BCUT2D eigenvalue weighted by Crippen LogP contribution is -2.14. The summed E-state index contributed by atoms with van der Waals surface area (Å²) in [5.41, 5.74) is 5.14. The number of hydrogen-bond donors (Lipinski definition) is 8. The number of aliphatic carboxylic acids is 4. The molecule has 0 saturated carbocycles. The first kappa shape index (κ1) is 39.8. The van der Waals surface area contributed by atoms with E-state index in [9.17, 15) is 0 Å². The molecule has 4 aromatic rings. The molecule has 2 fully saturated rings. The van der Waals surface area contributed by atoms with E-state index >= 15 is 4.39 Å². The Labute approximate surface area is 282 Å². The van der Waals surface area contributed by atoms with Gasteiger partial charge < -0.3 is 41.0 Å². The van der Waals surface area contributed by atoms with E-state index in [0.717, 1.165) is 94.1 Å². The van der Waals surface area contributed by atoms with Gasteiger partial charge in [0.25, 0.3) is 23.9 Å². The highest BCUT2D eigenvalue weighted by atomic mass is 19.1. The van der Waals surface area contributed by atoms with Crippen LogP contribution in [0.25, 0.3) is 33.6 Å². The molecule has 264 valence electrons. The Morgan fingerprint density at radius 2 is 1.02 bits per heavy atom. The second-order valence-corrected chi connectivity index (χ2v) is 11.0. The number of aromatic nitrogens is 4. The van der Waals surface area contributed by atoms with E-state index < -0.39 is 23.9 Å². The Morgan fingerprint density at radius 3 is 1.43 bits per heavy atom. The highest BCUT2D eigenvalue weighted by molar-refractivity contribution is 5.72. The van der Waals surface area contributed by atoms with Crippen LogP contribution in [0.2, 0.25) is 0 Å². The molecule has 15 heteroatoms. The van der Waals surface area contributed by atoms with E-state index in [0.29, 0.717) is 17.3 Å². The van der Waals surface area contributed by atoms with Gasteiger partial charge in [0, 0.05) is 33.3 Å². The molecule has 49 heavy (non-hydrogen) atoms. The zero-order chi connectivity index (χ0) is 36.5. The average Bonchev–Trinajstić information content (AvgIpc) is 3.84. The summed E-state index contributed by atoms with van der Waals surface area (Å²) in [7, 11) is 0. The Kier molecular flexibility index (Phi) is 16.3. The van der Waals surface area contributed by atoms with Gasteiger partial charge in [0.2, 0.25) is 0 Å². The molecule has 0 unspecified atom stereocenters. The molecule has 2 aromatic carbocycles. The monoisotopic (exact) mass is 682 g/mol. The van der Waals surface area contributed by atoms with Crippen LogP contribution in [0.3, 0.4) is 0 Å². The number of carboxylic acid groups (broad SMARTS) is 4. The molecule has 2 aliphatic heterocycles. The van der Waals surface area contributed by atoms with E-state index in [4.69, 9.17) is 39.6 Å². The molecule has 6 rings (SSSR count). The number of nitrogens with zero attached hydrogens (tertiary/aromatic N) is 2. The molecule has 0 radical (unpaired) electrons. The number of halogens is 1. The summed E-state index contributed by atoms with van der Waals surface area (Å²) < 4.78 is 15.0. The Bertz CT molecular complexity index is 1600. The number of nitrogens with one attached hydrogen (secondary N) is 4. The van der Waals surface area contributed by atoms with Crippen molar-refractivity contribution in [2.75, 3.05) is 13.1 Å². The Hall–Kier alpha value is -5.41. The number of aromatic amines is 2. The standard InChI is InChI=1S/C26H27FN6.4C2H4O2/c27-20-13-18(9-10-19(20)24-15-31-26(33-24)22-4-2-12-29-22)16-5-7-17(8-6-16)23-14-30-25(32-23)21-3-1-11-28-21;4*1-2(3)4/h5-10,13-15,21-22,28-29H,1-4,11-12H2,(H,30,32)(H,31,33);4*1H3,(H,3,4)/t21-,22-;;;;/m0..../s1. The highest BCUT2D eigenvalue weighted by Crippen LogP contribution is 2.31. The van der Waals surface area contributed by atoms with Crippen LogP contribution in [0, 0.1) is 5.82 Å². The van der Waals surface area contributed by atoms with Crippen molar-refractivity contribution < 1.29 is 44.0 Å². The van der Waals surface area contributed by atoms with Crippen molar-refractivity contribution in [1.82, 2.24) is 30.6 Å². The largest absolute Gasteiger partial charge is 0.481 e. The fourth-order valence-electron chi connectivity index (χ4n) is 4.90. The number of benzene rings is 2. The first-order valence-electron chi connectivity index (χ1n) is 15.4. The van der Waals surface area contributed by atoms with E-state index in [1.807, 2.05) is 30.5 Å². The maximum Gasteiger partial charge on any atom is 0.300 e. The number of carbonyl (C=O) groups is 4. The lowest BCUT2D eigenvalue weighted by molar-refractivity contribution is -0.135. The summed E-state index contributed by atoms with van der Waals surface area (Å²) in [6.45, 7) is 6.38. The Morgan fingerprint density at radius 1 is 0.633 bits per heavy atom. The van der Waals surface area contributed by atoms with Gasteiger partial charge in [0.05, 0.1) is 35.9 Å². The molecular weight excluding hydrogens is 639 g/mol. The summed E-state index contributed by atoms with van der Waals surface area (Å²) in [6, 6.07) is 14.1. The van der Waals surface area contributed by atoms with Gasteiger partial charge in [-0.15, -0.1) is 0 Å². The van der Waals surface area contributed by atoms with Crippen LogP contribution in [0.4, 0.5) is 4.39 Å². The van der Waals surface area contributed by atoms with Crippen LogP contribution in [0.1, 0.15) is 77.1 Å². The van der Waals surface area contributed by atoms with Crippen LogP contribution in [0.5, 0.6) is 0 Å². The summed E-state index contributed by atoms with van der Waals surface area (Å²) in [5.74, 6) is -1.71. The molecule has 8 N–H and O–H groups in total. The van der Waals surface area contributed by atoms with Crippen LogP contribution in [-0.2, 0) is 19.2 Å². The van der Waals surface area contributed by atoms with Crippen LogP contribution >= 0.6 is 0 Å². The number of hydrogen-bond acceptors (Lipinski definition) is 8. The molecule has 0 aliphatic carbocycles. The number of rotatable bonds is 5. The van der Waals surface area contributed by atoms with Crippen LogP contribution in [0.15, 0.2) is 54.9 Å². The van der Waals surface area contributed by atoms with Crippen molar-refractivity contribution in [3.63, 3.8) is 0 Å². The molecule has 2 aromatic heterocycles. The van der Waals surface area contributed by atoms with E-state index in [-0.39, 0.29) is 11.9 Å². The van der Waals surface area contributed by atoms with Crippen molar-refractivity contribution in [2.24, 2.45) is 0 Å². The summed E-state index contributed by atoms with van der Waals surface area (Å²) in [4.78, 5) is 51.7.